The summed E-state index contributed by atoms with van der Waals surface area (Å²) in [6, 6.07) is 0. The molecule has 0 aromatic heterocycles. The number of aliphatic carboxylic acids is 1. The molecule has 1 atom stereocenters. The van der Waals surface area contributed by atoms with Crippen LogP contribution in [0.5, 0.6) is 0 Å². The van der Waals surface area contributed by atoms with E-state index in [1.165, 1.54) is 0 Å². The van der Waals surface area contributed by atoms with E-state index >= 15 is 0 Å². The molecular formula is C7H14O4. The van der Waals surface area contributed by atoms with Crippen LogP contribution in [0.4, 0.5) is 0 Å². The minimum Gasteiger partial charge on any atom is -0.481 e. The van der Waals surface area contributed by atoms with E-state index < -0.39 is 5.97 Å². The predicted molar refractivity (Wildman–Crippen MR) is 39.4 cm³/mol. The fourth-order valence-electron chi connectivity index (χ4n) is 0.561. The topological polar surface area (TPSA) is 66.8 Å². The molecule has 0 spiro atoms. The van der Waals surface area contributed by atoms with Gasteiger partial charge in [0.05, 0.1) is 12.7 Å². The highest BCUT2D eigenvalue weighted by molar-refractivity contribution is 5.66. The summed E-state index contributed by atoms with van der Waals surface area (Å²) in [5, 5.41) is 16.7. The van der Waals surface area contributed by atoms with E-state index in [1.807, 2.05) is 0 Å². The maximum atomic E-state index is 10.0. The molecule has 4 nitrogen and oxygen atoms in total. The summed E-state index contributed by atoms with van der Waals surface area (Å²) in [5.74, 6) is -0.815. The van der Waals surface area contributed by atoms with Crippen LogP contribution < -0.4 is 0 Å². The summed E-state index contributed by atoms with van der Waals surface area (Å²) in [7, 11) is 0. The first-order valence-electron chi connectivity index (χ1n) is 3.61. The molecule has 66 valence electrons. The molecule has 0 rings (SSSR count). The Morgan fingerprint density at radius 1 is 1.64 bits per heavy atom. The van der Waals surface area contributed by atoms with Gasteiger partial charge in [-0.15, -0.1) is 0 Å². The average Bonchev–Trinajstić information content (AvgIpc) is 1.97. The quantitative estimate of drug-likeness (QED) is 0.549. The molecule has 11 heavy (non-hydrogen) atoms. The van der Waals surface area contributed by atoms with Crippen molar-refractivity contribution in [2.45, 2.75) is 25.9 Å². The normalized spacial score (nSPS) is 12.9. The second-order valence-corrected chi connectivity index (χ2v) is 2.36. The molecule has 1 unspecified atom stereocenters. The van der Waals surface area contributed by atoms with Gasteiger partial charge in [-0.1, -0.05) is 0 Å². The van der Waals surface area contributed by atoms with E-state index in [0.29, 0.717) is 13.0 Å². The van der Waals surface area contributed by atoms with Crippen LogP contribution in [-0.4, -0.2) is 35.5 Å². The fraction of sp³-hybridized carbons (Fsp3) is 0.857. The fourth-order valence-corrected chi connectivity index (χ4v) is 0.561. The number of rotatable bonds is 6. The SMILES string of the molecule is CC(CO)OCCCC(=O)O. The van der Waals surface area contributed by atoms with Crippen molar-refractivity contribution in [1.82, 2.24) is 0 Å². The van der Waals surface area contributed by atoms with Crippen molar-refractivity contribution >= 4 is 5.97 Å². The van der Waals surface area contributed by atoms with Crippen molar-refractivity contribution in [3.63, 3.8) is 0 Å². The monoisotopic (exact) mass is 162 g/mol. The zero-order chi connectivity index (χ0) is 8.69. The van der Waals surface area contributed by atoms with Crippen LogP contribution in [0.1, 0.15) is 19.8 Å². The molecule has 0 aliphatic heterocycles. The van der Waals surface area contributed by atoms with Gasteiger partial charge in [0.15, 0.2) is 0 Å². The second kappa shape index (κ2) is 6.12. The molecule has 0 aromatic carbocycles. The molecule has 2 N–H and O–H groups in total. The van der Waals surface area contributed by atoms with E-state index in [4.69, 9.17) is 14.9 Å². The van der Waals surface area contributed by atoms with Gasteiger partial charge in [-0.2, -0.15) is 0 Å². The average molecular weight is 162 g/mol. The number of carbonyl (C=O) groups is 1. The molecule has 4 heteroatoms. The molecule has 0 heterocycles. The first-order valence-corrected chi connectivity index (χ1v) is 3.61. The van der Waals surface area contributed by atoms with E-state index in [9.17, 15) is 4.79 Å². The van der Waals surface area contributed by atoms with E-state index in [1.54, 1.807) is 6.92 Å². The first-order chi connectivity index (χ1) is 5.16. The van der Waals surface area contributed by atoms with Gasteiger partial charge >= 0.3 is 5.97 Å². The molecule has 0 fully saturated rings. The predicted octanol–water partition coefficient (Wildman–Crippen LogP) is 0.249. The van der Waals surface area contributed by atoms with Crippen LogP contribution in [0.3, 0.4) is 0 Å². The van der Waals surface area contributed by atoms with Crippen LogP contribution in [0.2, 0.25) is 0 Å². The highest BCUT2D eigenvalue weighted by atomic mass is 16.5. The van der Waals surface area contributed by atoms with Gasteiger partial charge in [0.1, 0.15) is 0 Å². The lowest BCUT2D eigenvalue weighted by Gasteiger charge is -2.08. The maximum Gasteiger partial charge on any atom is 0.303 e. The highest BCUT2D eigenvalue weighted by Crippen LogP contribution is 1.94. The smallest absolute Gasteiger partial charge is 0.303 e. The summed E-state index contributed by atoms with van der Waals surface area (Å²) >= 11 is 0. The molecular weight excluding hydrogens is 148 g/mol. The third-order valence-electron chi connectivity index (χ3n) is 1.19. The number of aliphatic hydroxyl groups is 1. The third-order valence-corrected chi connectivity index (χ3v) is 1.19. The number of ether oxygens (including phenoxy) is 1. The van der Waals surface area contributed by atoms with Crippen LogP contribution in [0, 0.1) is 0 Å². The van der Waals surface area contributed by atoms with Gasteiger partial charge < -0.3 is 14.9 Å². The summed E-state index contributed by atoms with van der Waals surface area (Å²) in [4.78, 5) is 10.0. The number of carboxylic acid groups (broad SMARTS) is 1. The van der Waals surface area contributed by atoms with Gasteiger partial charge in [-0.3, -0.25) is 4.79 Å². The van der Waals surface area contributed by atoms with Crippen LogP contribution in [-0.2, 0) is 9.53 Å². The van der Waals surface area contributed by atoms with E-state index in [-0.39, 0.29) is 19.1 Å². The summed E-state index contributed by atoms with van der Waals surface area (Å²) in [6.45, 7) is 2.11. The van der Waals surface area contributed by atoms with Gasteiger partial charge in [0, 0.05) is 13.0 Å². The van der Waals surface area contributed by atoms with Gasteiger partial charge in [-0.25, -0.2) is 0 Å². The lowest BCUT2D eigenvalue weighted by Crippen LogP contribution is -2.14. The Morgan fingerprint density at radius 3 is 2.73 bits per heavy atom. The number of carboxylic acids is 1. The Labute approximate surface area is 65.8 Å². The standard InChI is InChI=1S/C7H14O4/c1-6(5-8)11-4-2-3-7(9)10/h6,8H,2-5H2,1H3,(H,9,10). The molecule has 0 aliphatic rings. The van der Waals surface area contributed by atoms with Crippen molar-refractivity contribution in [2.24, 2.45) is 0 Å². The number of aliphatic hydroxyl groups excluding tert-OH is 1. The van der Waals surface area contributed by atoms with Crippen molar-refractivity contribution in [3.8, 4) is 0 Å². The largest absolute Gasteiger partial charge is 0.481 e. The summed E-state index contributed by atoms with van der Waals surface area (Å²) in [5.41, 5.74) is 0. The molecule has 0 radical (unpaired) electrons. The van der Waals surface area contributed by atoms with Crippen molar-refractivity contribution in [2.75, 3.05) is 13.2 Å². The maximum absolute atomic E-state index is 10.0. The van der Waals surface area contributed by atoms with Gasteiger partial charge in [0.25, 0.3) is 0 Å². The zero-order valence-electron chi connectivity index (χ0n) is 6.62. The van der Waals surface area contributed by atoms with Crippen molar-refractivity contribution in [1.29, 1.82) is 0 Å². The van der Waals surface area contributed by atoms with Crippen molar-refractivity contribution < 1.29 is 19.7 Å². The Kier molecular flexibility index (Phi) is 5.78. The Hall–Kier alpha value is -0.610. The minimum atomic E-state index is -0.815. The lowest BCUT2D eigenvalue weighted by atomic mass is 10.3. The molecule has 0 amide bonds. The molecule has 0 aromatic rings. The Bertz CT molecular complexity index is 113. The molecule has 0 aliphatic carbocycles. The number of hydrogen-bond acceptors (Lipinski definition) is 3. The lowest BCUT2D eigenvalue weighted by molar-refractivity contribution is -0.137. The van der Waals surface area contributed by atoms with E-state index in [0.717, 1.165) is 0 Å². The number of hydrogen-bond donors (Lipinski definition) is 2. The zero-order valence-corrected chi connectivity index (χ0v) is 6.62. The first kappa shape index (κ1) is 10.4. The van der Waals surface area contributed by atoms with Gasteiger partial charge in [0.2, 0.25) is 0 Å². The van der Waals surface area contributed by atoms with E-state index in [2.05, 4.69) is 0 Å². The van der Waals surface area contributed by atoms with Crippen LogP contribution in [0.15, 0.2) is 0 Å². The van der Waals surface area contributed by atoms with Crippen LogP contribution >= 0.6 is 0 Å². The third kappa shape index (κ3) is 7.29. The van der Waals surface area contributed by atoms with Crippen molar-refractivity contribution in [3.05, 3.63) is 0 Å². The molecule has 0 bridgehead atoms. The second-order valence-electron chi connectivity index (χ2n) is 2.36. The Balaban J connectivity index is 3.08. The highest BCUT2D eigenvalue weighted by Gasteiger charge is 2.00. The molecule has 0 saturated heterocycles. The summed E-state index contributed by atoms with van der Waals surface area (Å²) < 4.78 is 5.03. The minimum absolute atomic E-state index is 0.0208. The summed E-state index contributed by atoms with van der Waals surface area (Å²) in [6.07, 6.45) is 0.432. The van der Waals surface area contributed by atoms with Crippen LogP contribution in [0.25, 0.3) is 0 Å². The Morgan fingerprint density at radius 2 is 2.27 bits per heavy atom. The molecule has 0 saturated carbocycles. The van der Waals surface area contributed by atoms with Gasteiger partial charge in [-0.05, 0) is 13.3 Å².